The molecule has 0 aromatic heterocycles. The highest BCUT2D eigenvalue weighted by Gasteiger charge is 2.37. The van der Waals surface area contributed by atoms with Gasteiger partial charge in [0.1, 0.15) is 0 Å². The number of carbonyl (C=O) groups excluding carboxylic acids is 2. The van der Waals surface area contributed by atoms with E-state index in [1.165, 1.54) is 12.1 Å². The van der Waals surface area contributed by atoms with Gasteiger partial charge in [0.05, 0.1) is 11.1 Å². The lowest BCUT2D eigenvalue weighted by atomic mass is 10.1. The molecule has 2 aromatic carbocycles. The van der Waals surface area contributed by atoms with Crippen molar-refractivity contribution in [1.29, 1.82) is 0 Å². The van der Waals surface area contributed by atoms with Crippen LogP contribution in [-0.4, -0.2) is 11.9 Å². The molecule has 0 aliphatic rings. The molecule has 0 saturated heterocycles. The second-order valence-electron chi connectivity index (χ2n) is 5.36. The van der Waals surface area contributed by atoms with Gasteiger partial charge in [-0.1, -0.05) is 31.9 Å². The Balaban J connectivity index is 2.24. The Kier molecular flexibility index (Phi) is 6.44. The average molecular weight is 534 g/mol. The third-order valence-electron chi connectivity index (χ3n) is 3.20. The number of rotatable bonds is 2. The molecule has 0 atom stereocenters. The Morgan fingerprint density at radius 1 is 0.750 bits per heavy atom. The third-order valence-corrected chi connectivity index (χ3v) is 4.11. The summed E-state index contributed by atoms with van der Waals surface area (Å²) in [5.41, 5.74) is -3.95. The van der Waals surface area contributed by atoms with Crippen molar-refractivity contribution < 1.29 is 35.9 Å². The summed E-state index contributed by atoms with van der Waals surface area (Å²) in [5.74, 6) is -0.914. The topological polar surface area (TPSA) is 58.2 Å². The fraction of sp³-hybridized carbons (Fsp3) is 0.125. The van der Waals surface area contributed by atoms with Gasteiger partial charge in [0.25, 0.3) is 5.91 Å². The molecule has 2 rings (SSSR count). The van der Waals surface area contributed by atoms with E-state index in [-0.39, 0.29) is 11.6 Å². The van der Waals surface area contributed by atoms with Crippen molar-refractivity contribution in [2.75, 3.05) is 5.32 Å². The minimum absolute atomic E-state index is 0.0245. The Hall–Kier alpha value is -2.08. The number of alkyl halides is 6. The molecule has 3 amide bonds. The zero-order valence-electron chi connectivity index (χ0n) is 13.3. The maximum absolute atomic E-state index is 12.8. The Morgan fingerprint density at radius 2 is 1.21 bits per heavy atom. The van der Waals surface area contributed by atoms with E-state index in [4.69, 9.17) is 0 Å². The Labute approximate surface area is 170 Å². The molecule has 150 valence electrons. The second-order valence-corrected chi connectivity index (χ2v) is 7.19. The number of benzene rings is 2. The molecule has 0 aliphatic heterocycles. The lowest BCUT2D eigenvalue weighted by molar-refractivity contribution is -0.143. The van der Waals surface area contributed by atoms with Crippen LogP contribution < -0.4 is 10.6 Å². The second kappa shape index (κ2) is 8.11. The van der Waals surface area contributed by atoms with Crippen LogP contribution in [-0.2, 0) is 12.4 Å². The normalized spacial score (nSPS) is 11.9. The molecule has 0 bridgehead atoms. The summed E-state index contributed by atoms with van der Waals surface area (Å²) >= 11 is 6.26. The van der Waals surface area contributed by atoms with Crippen LogP contribution in [0.2, 0.25) is 0 Å². The number of amides is 3. The molecule has 0 unspecified atom stereocenters. The zero-order chi connectivity index (χ0) is 21.3. The molecular weight excluding hydrogens is 526 g/mol. The first-order chi connectivity index (χ1) is 12.8. The standard InChI is InChI=1S/C16H8Br2F6N2O2/c17-10-1-7(2-11(18)6-10)13(27)26-14(28)25-12-4-8(15(19,20)21)3-9(5-12)16(22,23)24/h1-6H,(H2,25,26,27,28). The average Bonchev–Trinajstić information content (AvgIpc) is 2.51. The monoisotopic (exact) mass is 532 g/mol. The van der Waals surface area contributed by atoms with Crippen LogP contribution in [0.5, 0.6) is 0 Å². The van der Waals surface area contributed by atoms with E-state index in [0.29, 0.717) is 21.1 Å². The summed E-state index contributed by atoms with van der Waals surface area (Å²) in [6.45, 7) is 0. The molecule has 2 aromatic rings. The molecule has 0 radical (unpaired) electrons. The fourth-order valence-corrected chi connectivity index (χ4v) is 3.34. The predicted molar refractivity (Wildman–Crippen MR) is 94.8 cm³/mol. The minimum Gasteiger partial charge on any atom is -0.308 e. The number of carbonyl (C=O) groups is 2. The molecule has 0 heterocycles. The highest BCUT2D eigenvalue weighted by Crippen LogP contribution is 2.37. The van der Waals surface area contributed by atoms with E-state index in [2.05, 4.69) is 31.9 Å². The van der Waals surface area contributed by atoms with E-state index in [0.717, 1.165) is 0 Å². The van der Waals surface area contributed by atoms with Crippen LogP contribution in [0.1, 0.15) is 21.5 Å². The van der Waals surface area contributed by atoms with Gasteiger partial charge in [-0.25, -0.2) is 4.79 Å². The molecule has 28 heavy (non-hydrogen) atoms. The van der Waals surface area contributed by atoms with E-state index in [9.17, 15) is 35.9 Å². The summed E-state index contributed by atoms with van der Waals surface area (Å²) in [5, 5.41) is 3.62. The number of hydrogen-bond acceptors (Lipinski definition) is 2. The number of anilines is 1. The number of nitrogens with one attached hydrogen (secondary N) is 2. The maximum Gasteiger partial charge on any atom is 0.416 e. The van der Waals surface area contributed by atoms with Crippen molar-refractivity contribution >= 4 is 49.5 Å². The first-order valence-electron chi connectivity index (χ1n) is 7.13. The van der Waals surface area contributed by atoms with E-state index in [1.807, 2.05) is 5.32 Å². The van der Waals surface area contributed by atoms with Gasteiger partial charge in [0.15, 0.2) is 0 Å². The number of halogens is 8. The third kappa shape index (κ3) is 5.96. The van der Waals surface area contributed by atoms with Crippen LogP contribution in [0.25, 0.3) is 0 Å². The van der Waals surface area contributed by atoms with Gasteiger partial charge in [-0.2, -0.15) is 26.3 Å². The van der Waals surface area contributed by atoms with Gasteiger partial charge in [-0.05, 0) is 36.4 Å². The van der Waals surface area contributed by atoms with Crippen molar-refractivity contribution in [1.82, 2.24) is 5.32 Å². The Morgan fingerprint density at radius 3 is 1.64 bits per heavy atom. The molecule has 0 aliphatic carbocycles. The van der Waals surface area contributed by atoms with Gasteiger partial charge in [-0.15, -0.1) is 0 Å². The SMILES string of the molecule is O=C(NC(=O)c1cc(Br)cc(Br)c1)Nc1cc(C(F)(F)F)cc(C(F)(F)F)c1. The first-order valence-corrected chi connectivity index (χ1v) is 8.72. The van der Waals surface area contributed by atoms with E-state index < -0.39 is 41.1 Å². The highest BCUT2D eigenvalue weighted by atomic mass is 79.9. The van der Waals surface area contributed by atoms with E-state index in [1.54, 1.807) is 11.4 Å². The summed E-state index contributed by atoms with van der Waals surface area (Å²) in [6, 6.07) is 3.61. The molecule has 0 fully saturated rings. The largest absolute Gasteiger partial charge is 0.416 e. The summed E-state index contributed by atoms with van der Waals surface area (Å²) in [7, 11) is 0. The minimum atomic E-state index is -5.06. The quantitative estimate of drug-likeness (QED) is 0.451. The number of imide groups is 1. The van der Waals surface area contributed by atoms with Gasteiger partial charge in [0.2, 0.25) is 0 Å². The molecule has 0 spiro atoms. The fourth-order valence-electron chi connectivity index (χ4n) is 2.05. The Bertz CT molecular complexity index is 876. The molecule has 0 saturated carbocycles. The lowest BCUT2D eigenvalue weighted by Crippen LogP contribution is -2.34. The van der Waals surface area contributed by atoms with Crippen LogP contribution in [0.3, 0.4) is 0 Å². The number of urea groups is 1. The summed E-state index contributed by atoms with van der Waals surface area (Å²) in [4.78, 5) is 23.9. The maximum atomic E-state index is 12.8. The van der Waals surface area contributed by atoms with Gasteiger partial charge in [0, 0.05) is 20.2 Å². The van der Waals surface area contributed by atoms with Crippen LogP contribution >= 0.6 is 31.9 Å². The summed E-state index contributed by atoms with van der Waals surface area (Å²) < 4.78 is 77.9. The number of hydrogen-bond donors (Lipinski definition) is 2. The smallest absolute Gasteiger partial charge is 0.308 e. The van der Waals surface area contributed by atoms with Gasteiger partial charge < -0.3 is 5.32 Å². The van der Waals surface area contributed by atoms with Crippen LogP contribution in [0, 0.1) is 0 Å². The molecule has 2 N–H and O–H groups in total. The first kappa shape index (κ1) is 22.2. The molecule has 12 heteroatoms. The molecule has 4 nitrogen and oxygen atoms in total. The van der Waals surface area contributed by atoms with E-state index >= 15 is 0 Å². The van der Waals surface area contributed by atoms with Crippen LogP contribution in [0.4, 0.5) is 36.8 Å². The lowest BCUT2D eigenvalue weighted by Gasteiger charge is -2.15. The van der Waals surface area contributed by atoms with Crippen molar-refractivity contribution in [2.45, 2.75) is 12.4 Å². The summed E-state index contributed by atoms with van der Waals surface area (Å²) in [6.07, 6.45) is -10.1. The van der Waals surface area contributed by atoms with Gasteiger partial charge >= 0.3 is 18.4 Å². The van der Waals surface area contributed by atoms with Crippen molar-refractivity contribution in [3.63, 3.8) is 0 Å². The zero-order valence-corrected chi connectivity index (χ0v) is 16.5. The predicted octanol–water partition coefficient (Wildman–Crippen LogP) is 6.21. The molecular formula is C16H8Br2F6N2O2. The van der Waals surface area contributed by atoms with Crippen LogP contribution in [0.15, 0.2) is 45.3 Å². The van der Waals surface area contributed by atoms with Crippen molar-refractivity contribution in [3.05, 3.63) is 62.0 Å². The van der Waals surface area contributed by atoms with Crippen molar-refractivity contribution in [3.8, 4) is 0 Å². The highest BCUT2D eigenvalue weighted by molar-refractivity contribution is 9.11. The van der Waals surface area contributed by atoms with Gasteiger partial charge in [-0.3, -0.25) is 10.1 Å². The van der Waals surface area contributed by atoms with Crippen molar-refractivity contribution in [2.24, 2.45) is 0 Å².